The lowest BCUT2D eigenvalue weighted by atomic mass is 9.89. The molecule has 1 fully saturated rings. The van der Waals surface area contributed by atoms with Crippen LogP contribution >= 0.6 is 0 Å². The molecule has 0 saturated carbocycles. The lowest BCUT2D eigenvalue weighted by Gasteiger charge is -2.22. The summed E-state index contributed by atoms with van der Waals surface area (Å²) in [5.74, 6) is 0.396. The molecule has 1 unspecified atom stereocenters. The lowest BCUT2D eigenvalue weighted by Crippen LogP contribution is -2.32. The molecular formula is C15H23FN2O2S. The van der Waals surface area contributed by atoms with Crippen molar-refractivity contribution < 1.29 is 12.8 Å². The van der Waals surface area contributed by atoms with Gasteiger partial charge in [-0.2, -0.15) is 4.31 Å². The molecule has 4 nitrogen and oxygen atoms in total. The van der Waals surface area contributed by atoms with E-state index in [4.69, 9.17) is 5.73 Å². The summed E-state index contributed by atoms with van der Waals surface area (Å²) in [5.41, 5.74) is 5.32. The molecule has 21 heavy (non-hydrogen) atoms. The summed E-state index contributed by atoms with van der Waals surface area (Å²) in [6.07, 6.45) is 2.70. The summed E-state index contributed by atoms with van der Waals surface area (Å²) in [6.45, 7) is 5.28. The fraction of sp³-hybridized carbons (Fsp3) is 0.600. The van der Waals surface area contributed by atoms with Gasteiger partial charge in [0.1, 0.15) is 10.7 Å². The number of hydrogen-bond acceptors (Lipinski definition) is 3. The minimum absolute atomic E-state index is 0.120. The molecule has 0 radical (unpaired) electrons. The van der Waals surface area contributed by atoms with Crippen LogP contribution in [0.5, 0.6) is 0 Å². The van der Waals surface area contributed by atoms with Gasteiger partial charge in [-0.1, -0.05) is 19.9 Å². The molecule has 0 aliphatic carbocycles. The van der Waals surface area contributed by atoms with Crippen LogP contribution in [0, 0.1) is 17.7 Å². The molecule has 118 valence electrons. The molecule has 6 heteroatoms. The highest BCUT2D eigenvalue weighted by molar-refractivity contribution is 7.89. The fourth-order valence-corrected chi connectivity index (χ4v) is 4.50. The van der Waals surface area contributed by atoms with Crippen molar-refractivity contribution in [2.45, 2.75) is 38.0 Å². The van der Waals surface area contributed by atoms with Crippen LogP contribution in [0.4, 0.5) is 10.1 Å². The molecule has 1 heterocycles. The zero-order chi connectivity index (χ0) is 15.6. The summed E-state index contributed by atoms with van der Waals surface area (Å²) in [7, 11) is -3.72. The first kappa shape index (κ1) is 16.2. The van der Waals surface area contributed by atoms with Gasteiger partial charge in [0.2, 0.25) is 10.0 Å². The lowest BCUT2D eigenvalue weighted by molar-refractivity contribution is 0.341. The van der Waals surface area contributed by atoms with Gasteiger partial charge in [-0.15, -0.1) is 0 Å². The molecule has 1 aliphatic rings. The van der Waals surface area contributed by atoms with Crippen molar-refractivity contribution >= 4 is 15.7 Å². The summed E-state index contributed by atoms with van der Waals surface area (Å²) in [6, 6.07) is 3.93. The number of para-hydroxylation sites is 1. The molecule has 2 N–H and O–H groups in total. The average Bonchev–Trinajstić information content (AvgIpc) is 2.68. The van der Waals surface area contributed by atoms with Crippen molar-refractivity contribution in [2.24, 2.45) is 11.8 Å². The molecule has 0 aromatic heterocycles. The summed E-state index contributed by atoms with van der Waals surface area (Å²) >= 11 is 0. The maximum absolute atomic E-state index is 13.5. The third-order valence-electron chi connectivity index (χ3n) is 4.31. The van der Waals surface area contributed by atoms with Crippen LogP contribution < -0.4 is 5.73 Å². The van der Waals surface area contributed by atoms with Crippen molar-refractivity contribution in [3.05, 3.63) is 24.0 Å². The van der Waals surface area contributed by atoms with Crippen LogP contribution in [0.3, 0.4) is 0 Å². The molecule has 0 bridgehead atoms. The van der Waals surface area contributed by atoms with Crippen LogP contribution in [-0.2, 0) is 10.0 Å². The highest BCUT2D eigenvalue weighted by atomic mass is 32.2. The Morgan fingerprint density at radius 3 is 2.67 bits per heavy atom. The van der Waals surface area contributed by atoms with Crippen molar-refractivity contribution in [3.63, 3.8) is 0 Å². The number of halogens is 1. The monoisotopic (exact) mass is 314 g/mol. The van der Waals surface area contributed by atoms with Crippen molar-refractivity contribution in [1.82, 2.24) is 4.31 Å². The minimum atomic E-state index is -3.72. The number of hydrogen-bond donors (Lipinski definition) is 1. The fourth-order valence-electron chi connectivity index (χ4n) is 2.88. The Hall–Kier alpha value is -1.14. The number of benzene rings is 1. The first-order chi connectivity index (χ1) is 9.84. The molecule has 1 saturated heterocycles. The Labute approximate surface area is 126 Å². The second kappa shape index (κ2) is 6.32. The summed E-state index contributed by atoms with van der Waals surface area (Å²) in [4.78, 5) is -0.120. The first-order valence-corrected chi connectivity index (χ1v) is 8.82. The van der Waals surface area contributed by atoms with Gasteiger partial charge in [-0.25, -0.2) is 12.8 Å². The van der Waals surface area contributed by atoms with Crippen LogP contribution in [0.2, 0.25) is 0 Å². The van der Waals surface area contributed by atoms with Crippen LogP contribution in [0.1, 0.15) is 33.1 Å². The maximum Gasteiger partial charge on any atom is 0.245 e. The van der Waals surface area contributed by atoms with Crippen LogP contribution in [0.15, 0.2) is 23.1 Å². The number of rotatable bonds is 3. The van der Waals surface area contributed by atoms with Crippen LogP contribution in [-0.4, -0.2) is 25.8 Å². The van der Waals surface area contributed by atoms with E-state index >= 15 is 0 Å². The molecule has 1 atom stereocenters. The topological polar surface area (TPSA) is 63.4 Å². The van der Waals surface area contributed by atoms with Gasteiger partial charge in [0.05, 0.1) is 5.69 Å². The van der Waals surface area contributed by atoms with Crippen molar-refractivity contribution in [3.8, 4) is 0 Å². The number of sulfonamides is 1. The first-order valence-electron chi connectivity index (χ1n) is 7.38. The third kappa shape index (κ3) is 3.37. The smallest absolute Gasteiger partial charge is 0.245 e. The van der Waals surface area contributed by atoms with E-state index in [1.54, 1.807) is 0 Å². The average molecular weight is 314 g/mol. The quantitative estimate of drug-likeness (QED) is 0.873. The van der Waals surface area contributed by atoms with E-state index in [1.165, 1.54) is 22.5 Å². The highest BCUT2D eigenvalue weighted by Gasteiger charge is 2.30. The maximum atomic E-state index is 13.5. The molecule has 1 aromatic carbocycles. The molecule has 0 spiro atoms. The Kier molecular flexibility index (Phi) is 4.88. The Morgan fingerprint density at radius 1 is 1.29 bits per heavy atom. The Bertz CT molecular complexity index is 602. The summed E-state index contributed by atoms with van der Waals surface area (Å²) < 4.78 is 40.3. The predicted octanol–water partition coefficient (Wildman–Crippen LogP) is 2.85. The van der Waals surface area contributed by atoms with Gasteiger partial charge in [0, 0.05) is 13.1 Å². The van der Waals surface area contributed by atoms with Gasteiger partial charge in [0.15, 0.2) is 0 Å². The Balaban J connectivity index is 2.26. The van der Waals surface area contributed by atoms with Gasteiger partial charge in [-0.05, 0) is 43.2 Å². The third-order valence-corrected chi connectivity index (χ3v) is 6.26. The molecule has 1 aliphatic heterocycles. The van der Waals surface area contributed by atoms with Gasteiger partial charge < -0.3 is 5.73 Å². The largest absolute Gasteiger partial charge is 0.395 e. The van der Waals surface area contributed by atoms with E-state index in [0.29, 0.717) is 24.9 Å². The zero-order valence-electron chi connectivity index (χ0n) is 12.5. The number of nitrogens with zero attached hydrogens (tertiary/aromatic N) is 1. The standard InChI is InChI=1S/C15H23FN2O2S/c1-11(2)12-5-4-9-18(10-8-12)21(19,20)14-7-3-6-13(16)15(14)17/h3,6-7,11-12H,4-5,8-10,17H2,1-2H3. The second-order valence-electron chi connectivity index (χ2n) is 5.99. The van der Waals surface area contributed by atoms with E-state index in [1.807, 2.05) is 0 Å². The predicted molar refractivity (Wildman–Crippen MR) is 81.8 cm³/mol. The minimum Gasteiger partial charge on any atom is -0.395 e. The van der Waals surface area contributed by atoms with E-state index in [9.17, 15) is 12.8 Å². The zero-order valence-corrected chi connectivity index (χ0v) is 13.4. The summed E-state index contributed by atoms with van der Waals surface area (Å²) in [5, 5.41) is 0. The number of anilines is 1. The van der Waals surface area contributed by atoms with E-state index in [-0.39, 0.29) is 10.6 Å². The normalized spacial score (nSPS) is 21.4. The van der Waals surface area contributed by atoms with Crippen molar-refractivity contribution in [2.75, 3.05) is 18.8 Å². The number of nitrogen functional groups attached to an aromatic ring is 1. The van der Waals surface area contributed by atoms with E-state index < -0.39 is 15.8 Å². The number of nitrogens with two attached hydrogens (primary N) is 1. The molecule has 0 amide bonds. The van der Waals surface area contributed by atoms with E-state index in [0.717, 1.165) is 19.3 Å². The SMILES string of the molecule is CC(C)C1CCCN(S(=O)(=O)c2cccc(F)c2N)CC1. The van der Waals surface area contributed by atoms with Crippen molar-refractivity contribution in [1.29, 1.82) is 0 Å². The molecular weight excluding hydrogens is 291 g/mol. The van der Waals surface area contributed by atoms with Gasteiger partial charge >= 0.3 is 0 Å². The van der Waals surface area contributed by atoms with Crippen LogP contribution in [0.25, 0.3) is 0 Å². The molecule has 2 rings (SSSR count). The van der Waals surface area contributed by atoms with E-state index in [2.05, 4.69) is 13.8 Å². The molecule has 1 aromatic rings. The van der Waals surface area contributed by atoms with Gasteiger partial charge in [0.25, 0.3) is 0 Å². The Morgan fingerprint density at radius 2 is 2.00 bits per heavy atom. The second-order valence-corrected chi connectivity index (χ2v) is 7.90. The van der Waals surface area contributed by atoms with Gasteiger partial charge in [-0.3, -0.25) is 0 Å². The highest BCUT2D eigenvalue weighted by Crippen LogP contribution is 2.29.